The van der Waals surface area contributed by atoms with Gasteiger partial charge in [0.05, 0.1) is 54.4 Å². The van der Waals surface area contributed by atoms with E-state index in [-0.39, 0.29) is 56.9 Å². The van der Waals surface area contributed by atoms with Gasteiger partial charge in [-0.3, -0.25) is 9.98 Å². The number of nitrogens with zero attached hydrogens (tertiary/aromatic N) is 4. The van der Waals surface area contributed by atoms with Crippen LogP contribution in [-0.4, -0.2) is 87.8 Å². The molecule has 0 fully saturated rings. The molecule has 1 aliphatic rings. The third-order valence-electron chi connectivity index (χ3n) is 5.16. The quantitative estimate of drug-likeness (QED) is 0.246. The van der Waals surface area contributed by atoms with Crippen LogP contribution in [0.15, 0.2) is 33.7 Å². The molecule has 0 radical (unpaired) electrons. The van der Waals surface area contributed by atoms with Gasteiger partial charge in [-0.25, -0.2) is 0 Å². The van der Waals surface area contributed by atoms with Crippen LogP contribution in [0.3, 0.4) is 0 Å². The Labute approximate surface area is 192 Å². The highest BCUT2D eigenvalue weighted by Crippen LogP contribution is 2.08. The lowest BCUT2D eigenvalue weighted by Gasteiger charge is -2.28. The van der Waals surface area contributed by atoms with E-state index in [9.17, 15) is 10.2 Å². The highest BCUT2D eigenvalue weighted by atomic mass is 79.9. The second-order valence-electron chi connectivity index (χ2n) is 8.21. The topological polar surface area (TPSA) is 70.8 Å². The van der Waals surface area contributed by atoms with Crippen molar-refractivity contribution >= 4 is 45.4 Å². The first-order valence-electron chi connectivity index (χ1n) is 9.61. The Morgan fingerprint density at radius 3 is 1.32 bits per heavy atom. The molecule has 0 bridgehead atoms. The van der Waals surface area contributed by atoms with Crippen molar-refractivity contribution in [3.63, 3.8) is 0 Å². The van der Waals surface area contributed by atoms with E-state index in [0.717, 1.165) is 48.0 Å². The van der Waals surface area contributed by atoms with Crippen molar-refractivity contribution < 1.29 is 19.2 Å². The summed E-state index contributed by atoms with van der Waals surface area (Å²) in [5, 5.41) is 24.4. The predicted molar refractivity (Wildman–Crippen MR) is 126 cm³/mol. The molecular formula is C20H38Br2N4O2. The molecule has 0 atom stereocenters. The molecule has 0 aromatic carbocycles. The van der Waals surface area contributed by atoms with E-state index in [1.165, 1.54) is 12.2 Å². The molecule has 0 heterocycles. The fourth-order valence-corrected chi connectivity index (χ4v) is 2.50. The second-order valence-corrected chi connectivity index (χ2v) is 8.21. The van der Waals surface area contributed by atoms with Gasteiger partial charge >= 0.3 is 0 Å². The minimum Gasteiger partial charge on any atom is -0.871 e. The van der Waals surface area contributed by atoms with E-state index in [2.05, 4.69) is 52.0 Å². The van der Waals surface area contributed by atoms with E-state index in [0.29, 0.717) is 13.1 Å². The highest BCUT2D eigenvalue weighted by molar-refractivity contribution is 8.93. The van der Waals surface area contributed by atoms with E-state index >= 15 is 0 Å². The largest absolute Gasteiger partial charge is 0.871 e. The molecule has 0 amide bonds. The van der Waals surface area contributed by atoms with E-state index in [4.69, 9.17) is 0 Å². The molecule has 8 heteroatoms. The summed E-state index contributed by atoms with van der Waals surface area (Å²) in [6, 6.07) is 0. The van der Waals surface area contributed by atoms with E-state index in [1.807, 2.05) is 0 Å². The van der Waals surface area contributed by atoms with Gasteiger partial charge in [-0.1, -0.05) is 11.5 Å². The maximum absolute atomic E-state index is 12.2. The lowest BCUT2D eigenvalue weighted by atomic mass is 10.1. The van der Waals surface area contributed by atoms with Gasteiger partial charge in [0.15, 0.2) is 0 Å². The van der Waals surface area contributed by atoms with Gasteiger partial charge in [0, 0.05) is 37.4 Å². The van der Waals surface area contributed by atoms with Crippen LogP contribution in [0, 0.1) is 0 Å². The van der Waals surface area contributed by atoms with Crippen molar-refractivity contribution in [2.45, 2.75) is 26.7 Å². The van der Waals surface area contributed by atoms with Gasteiger partial charge in [0.1, 0.15) is 0 Å². The molecule has 0 aliphatic heterocycles. The number of hydrogen-bond acceptors (Lipinski definition) is 4. The summed E-state index contributed by atoms with van der Waals surface area (Å²) < 4.78 is 1.86. The van der Waals surface area contributed by atoms with Crippen LogP contribution in [0.1, 0.15) is 26.7 Å². The molecule has 6 nitrogen and oxygen atoms in total. The second kappa shape index (κ2) is 13.5. The average molecular weight is 526 g/mol. The fourth-order valence-electron chi connectivity index (χ4n) is 2.50. The van der Waals surface area contributed by atoms with Gasteiger partial charge in [-0.05, 0) is 26.0 Å². The monoisotopic (exact) mass is 524 g/mol. The summed E-state index contributed by atoms with van der Waals surface area (Å²) in [5.74, 6) is -0.422. The Bertz CT molecular complexity index is 545. The van der Waals surface area contributed by atoms with Crippen LogP contribution < -0.4 is 10.2 Å². The van der Waals surface area contributed by atoms with Gasteiger partial charge in [-0.15, -0.1) is 34.0 Å². The van der Waals surface area contributed by atoms with Crippen LogP contribution in [0.2, 0.25) is 0 Å². The number of allylic oxidation sites excluding steroid dienone is 2. The molecule has 1 rings (SSSR count). The first kappa shape index (κ1) is 29.5. The summed E-state index contributed by atoms with van der Waals surface area (Å²) in [5.41, 5.74) is 0.527. The van der Waals surface area contributed by atoms with Crippen LogP contribution >= 0.6 is 34.0 Å². The number of halogens is 2. The Morgan fingerprint density at radius 2 is 1.04 bits per heavy atom. The van der Waals surface area contributed by atoms with E-state index in [1.54, 1.807) is 0 Å². The predicted octanol–water partition coefficient (Wildman–Crippen LogP) is 1.50. The first-order valence-corrected chi connectivity index (χ1v) is 9.61. The smallest absolute Gasteiger partial charge is 0.0800 e. The van der Waals surface area contributed by atoms with Crippen molar-refractivity contribution in [1.82, 2.24) is 0 Å². The van der Waals surface area contributed by atoms with Crippen molar-refractivity contribution in [2.75, 3.05) is 67.5 Å². The zero-order valence-electron chi connectivity index (χ0n) is 18.2. The Balaban J connectivity index is 0. The van der Waals surface area contributed by atoms with Crippen LogP contribution in [0.25, 0.3) is 0 Å². The van der Waals surface area contributed by atoms with Crippen molar-refractivity contribution in [2.24, 2.45) is 9.98 Å². The summed E-state index contributed by atoms with van der Waals surface area (Å²) in [4.78, 5) is 8.64. The molecule has 0 unspecified atom stereocenters. The standard InChI is InChI=1S/C20H36N4O2.2BrH/c1-7-23(3,4)13-9-11-21-17-15-20(26)18(16-19(17)25)22-12-10-14-24(5,6)8-2;;/h15-16H,7-14H2,1-6H3;2*1H. The zero-order chi connectivity index (χ0) is 19.8. The number of aliphatic imine (C=N–C) groups is 2. The first-order chi connectivity index (χ1) is 12.1. The van der Waals surface area contributed by atoms with Crippen LogP contribution in [-0.2, 0) is 0 Å². The molecule has 1 aliphatic carbocycles. The number of hydrogen-bond donors (Lipinski definition) is 0. The Kier molecular flexibility index (Phi) is 14.2. The third-order valence-corrected chi connectivity index (χ3v) is 5.16. The number of rotatable bonds is 10. The maximum Gasteiger partial charge on any atom is 0.0800 e. The summed E-state index contributed by atoms with van der Waals surface area (Å²) in [6.07, 6.45) is 4.47. The molecule has 28 heavy (non-hydrogen) atoms. The normalized spacial score (nSPS) is 17.6. The minimum absolute atomic E-state index is 0. The van der Waals surface area contributed by atoms with Gasteiger partial charge < -0.3 is 19.2 Å². The molecular weight excluding hydrogens is 488 g/mol. The summed E-state index contributed by atoms with van der Waals surface area (Å²) >= 11 is 0. The maximum atomic E-state index is 12.2. The minimum atomic E-state index is -0.211. The molecule has 164 valence electrons. The Morgan fingerprint density at radius 1 is 0.714 bits per heavy atom. The van der Waals surface area contributed by atoms with Gasteiger partial charge in [0.2, 0.25) is 0 Å². The van der Waals surface area contributed by atoms with Gasteiger partial charge in [-0.2, -0.15) is 0 Å². The lowest BCUT2D eigenvalue weighted by Crippen LogP contribution is -2.40. The molecule has 0 saturated carbocycles. The van der Waals surface area contributed by atoms with Crippen LogP contribution in [0.4, 0.5) is 0 Å². The highest BCUT2D eigenvalue weighted by Gasteiger charge is 2.12. The van der Waals surface area contributed by atoms with Crippen molar-refractivity contribution in [3.05, 3.63) is 23.7 Å². The summed E-state index contributed by atoms with van der Waals surface area (Å²) in [7, 11) is 8.69. The molecule has 0 N–H and O–H groups in total. The van der Waals surface area contributed by atoms with Crippen molar-refractivity contribution in [3.8, 4) is 0 Å². The zero-order valence-corrected chi connectivity index (χ0v) is 21.7. The van der Waals surface area contributed by atoms with Gasteiger partial charge in [0.25, 0.3) is 0 Å². The van der Waals surface area contributed by atoms with E-state index < -0.39 is 0 Å². The third kappa shape index (κ3) is 10.7. The molecule has 0 saturated heterocycles. The van der Waals surface area contributed by atoms with Crippen molar-refractivity contribution in [1.29, 1.82) is 0 Å². The molecule has 0 aromatic heterocycles. The molecule has 0 aromatic rings. The number of quaternary nitrogens is 2. The fraction of sp³-hybridized carbons (Fsp3) is 0.700. The summed E-state index contributed by atoms with van der Waals surface area (Å²) in [6.45, 7) is 9.55. The van der Waals surface area contributed by atoms with Crippen LogP contribution in [0.5, 0.6) is 0 Å². The average Bonchev–Trinajstić information content (AvgIpc) is 2.59. The lowest BCUT2D eigenvalue weighted by molar-refractivity contribution is -0.888. The Hall–Kier alpha value is -0.700. The molecule has 0 spiro atoms. The SMILES string of the molecule is Br.Br.CC[N+](C)(C)CCCN=C1C=C([O-])C(=NCCC[N+](C)(C)CC)C=C1[O-].